The molecule has 0 aromatic heterocycles. The number of piperidine rings is 1. The highest BCUT2D eigenvalue weighted by molar-refractivity contribution is 5.05. The van der Waals surface area contributed by atoms with E-state index in [1.54, 1.807) is 0 Å². The zero-order chi connectivity index (χ0) is 10.8. The molecular weight excluding hydrogens is 170 g/mol. The number of likely N-dealkylation sites (tertiary alicyclic amines) is 1. The van der Waals surface area contributed by atoms with Crippen LogP contribution in [0.1, 0.15) is 53.9 Å². The van der Waals surface area contributed by atoms with E-state index in [0.717, 1.165) is 6.54 Å². The third kappa shape index (κ3) is 2.30. The van der Waals surface area contributed by atoms with Crippen LogP contribution in [0.25, 0.3) is 0 Å². The summed E-state index contributed by atoms with van der Waals surface area (Å²) in [6.07, 6.45) is 3.93. The fourth-order valence-electron chi connectivity index (χ4n) is 2.63. The van der Waals surface area contributed by atoms with Gasteiger partial charge in [-0.15, -0.1) is 5.92 Å². The molecule has 0 unspecified atom stereocenters. The van der Waals surface area contributed by atoms with Crippen LogP contribution in [0.5, 0.6) is 0 Å². The van der Waals surface area contributed by atoms with Crippen LogP contribution in [0.3, 0.4) is 0 Å². The van der Waals surface area contributed by atoms with Gasteiger partial charge in [0.2, 0.25) is 0 Å². The Labute approximate surface area is 88.9 Å². The van der Waals surface area contributed by atoms with E-state index in [1.807, 2.05) is 6.92 Å². The Kier molecular flexibility index (Phi) is 3.27. The van der Waals surface area contributed by atoms with Gasteiger partial charge in [-0.05, 0) is 53.9 Å². The van der Waals surface area contributed by atoms with Crippen molar-refractivity contribution in [3.8, 4) is 11.8 Å². The number of rotatable bonds is 1. The Morgan fingerprint density at radius 3 is 2.00 bits per heavy atom. The van der Waals surface area contributed by atoms with E-state index in [9.17, 15) is 0 Å². The summed E-state index contributed by atoms with van der Waals surface area (Å²) in [6.45, 7) is 12.2. The van der Waals surface area contributed by atoms with Gasteiger partial charge in [0, 0.05) is 11.1 Å². The zero-order valence-corrected chi connectivity index (χ0v) is 10.3. The molecule has 0 aromatic carbocycles. The average Bonchev–Trinajstić information content (AvgIpc) is 2.01. The van der Waals surface area contributed by atoms with Gasteiger partial charge in [-0.3, -0.25) is 4.90 Å². The Hall–Kier alpha value is -0.480. The average molecular weight is 193 g/mol. The highest BCUT2D eigenvalue weighted by Crippen LogP contribution is 2.37. The van der Waals surface area contributed by atoms with Crippen molar-refractivity contribution in [3.63, 3.8) is 0 Å². The first-order valence-electron chi connectivity index (χ1n) is 5.57. The molecule has 1 saturated heterocycles. The van der Waals surface area contributed by atoms with Gasteiger partial charge in [0.25, 0.3) is 0 Å². The predicted octanol–water partition coefficient (Wildman–Crippen LogP) is 3.05. The van der Waals surface area contributed by atoms with E-state index in [1.165, 1.54) is 19.3 Å². The molecule has 1 aliphatic heterocycles. The first kappa shape index (κ1) is 11.6. The van der Waals surface area contributed by atoms with Crippen LogP contribution < -0.4 is 0 Å². The van der Waals surface area contributed by atoms with E-state index in [-0.39, 0.29) is 0 Å². The lowest BCUT2D eigenvalue weighted by Gasteiger charge is -2.52. The minimum atomic E-state index is 0.311. The fourth-order valence-corrected chi connectivity index (χ4v) is 2.63. The summed E-state index contributed by atoms with van der Waals surface area (Å²) in [5.41, 5.74) is 0.622. The van der Waals surface area contributed by atoms with E-state index < -0.39 is 0 Å². The summed E-state index contributed by atoms with van der Waals surface area (Å²) >= 11 is 0. The molecule has 0 aromatic rings. The second-order valence-corrected chi connectivity index (χ2v) is 5.49. The number of hydrogen-bond donors (Lipinski definition) is 0. The highest BCUT2D eigenvalue weighted by atomic mass is 15.2. The Morgan fingerprint density at radius 2 is 1.57 bits per heavy atom. The number of nitrogens with zero attached hydrogens (tertiary/aromatic N) is 1. The Balaban J connectivity index is 2.83. The smallest absolute Gasteiger partial charge is 0.0610 e. The molecule has 1 fully saturated rings. The molecule has 1 nitrogen and oxygen atoms in total. The molecule has 1 heteroatoms. The van der Waals surface area contributed by atoms with Gasteiger partial charge >= 0.3 is 0 Å². The van der Waals surface area contributed by atoms with Crippen molar-refractivity contribution in [2.45, 2.75) is 65.0 Å². The summed E-state index contributed by atoms with van der Waals surface area (Å²) in [5, 5.41) is 0. The maximum atomic E-state index is 3.21. The molecule has 1 rings (SSSR count). The first-order chi connectivity index (χ1) is 6.40. The van der Waals surface area contributed by atoms with Gasteiger partial charge in [0.15, 0.2) is 0 Å². The molecule has 1 heterocycles. The van der Waals surface area contributed by atoms with Crippen molar-refractivity contribution in [1.82, 2.24) is 4.90 Å². The van der Waals surface area contributed by atoms with Crippen LogP contribution in [0, 0.1) is 11.8 Å². The lowest BCUT2D eigenvalue weighted by Crippen LogP contribution is -2.58. The molecule has 0 saturated carbocycles. The largest absolute Gasteiger partial charge is 0.282 e. The third-order valence-electron chi connectivity index (χ3n) is 3.45. The molecule has 14 heavy (non-hydrogen) atoms. The zero-order valence-electron chi connectivity index (χ0n) is 10.3. The summed E-state index contributed by atoms with van der Waals surface area (Å²) in [6, 6.07) is 0. The normalized spacial score (nSPS) is 25.2. The van der Waals surface area contributed by atoms with Gasteiger partial charge in [-0.25, -0.2) is 0 Å². The molecule has 0 N–H and O–H groups in total. The minimum absolute atomic E-state index is 0.311. The van der Waals surface area contributed by atoms with Gasteiger partial charge in [-0.1, -0.05) is 5.92 Å². The lowest BCUT2D eigenvalue weighted by atomic mass is 9.80. The summed E-state index contributed by atoms with van der Waals surface area (Å²) in [7, 11) is 0. The topological polar surface area (TPSA) is 3.24 Å². The van der Waals surface area contributed by atoms with Gasteiger partial charge in [0.1, 0.15) is 0 Å². The molecule has 0 aliphatic carbocycles. The van der Waals surface area contributed by atoms with Gasteiger partial charge < -0.3 is 0 Å². The van der Waals surface area contributed by atoms with Crippen molar-refractivity contribution in [1.29, 1.82) is 0 Å². The Bertz CT molecular complexity index is 236. The molecule has 1 aliphatic rings. The van der Waals surface area contributed by atoms with Crippen molar-refractivity contribution < 1.29 is 0 Å². The molecular formula is C13H23N. The lowest BCUT2D eigenvalue weighted by molar-refractivity contribution is -0.0144. The standard InChI is InChI=1S/C13H23N/c1-6-7-11-14-12(2,3)9-8-10-13(14,4)5/h8-11H2,1-5H3. The number of hydrogen-bond acceptors (Lipinski definition) is 1. The summed E-state index contributed by atoms with van der Waals surface area (Å²) in [4.78, 5) is 2.56. The highest BCUT2D eigenvalue weighted by Gasteiger charge is 2.40. The molecule has 0 spiro atoms. The van der Waals surface area contributed by atoms with Crippen molar-refractivity contribution >= 4 is 0 Å². The second-order valence-electron chi connectivity index (χ2n) is 5.49. The van der Waals surface area contributed by atoms with Crippen LogP contribution in [0.4, 0.5) is 0 Å². The molecule has 80 valence electrons. The first-order valence-corrected chi connectivity index (χ1v) is 5.57. The maximum Gasteiger partial charge on any atom is 0.0610 e. The van der Waals surface area contributed by atoms with Crippen molar-refractivity contribution in [2.75, 3.05) is 6.54 Å². The van der Waals surface area contributed by atoms with Gasteiger partial charge in [-0.2, -0.15) is 0 Å². The molecule has 0 amide bonds. The molecule has 0 atom stereocenters. The minimum Gasteiger partial charge on any atom is -0.282 e. The van der Waals surface area contributed by atoms with Crippen LogP contribution in [0.15, 0.2) is 0 Å². The van der Waals surface area contributed by atoms with Crippen molar-refractivity contribution in [3.05, 3.63) is 0 Å². The van der Waals surface area contributed by atoms with Crippen molar-refractivity contribution in [2.24, 2.45) is 0 Å². The summed E-state index contributed by atoms with van der Waals surface area (Å²) < 4.78 is 0. The van der Waals surface area contributed by atoms with E-state index in [2.05, 4.69) is 44.4 Å². The third-order valence-corrected chi connectivity index (χ3v) is 3.45. The summed E-state index contributed by atoms with van der Waals surface area (Å²) in [5.74, 6) is 6.20. The molecule has 0 bridgehead atoms. The van der Waals surface area contributed by atoms with Crippen LogP contribution in [-0.4, -0.2) is 22.5 Å². The second kappa shape index (κ2) is 3.95. The Morgan fingerprint density at radius 1 is 1.07 bits per heavy atom. The van der Waals surface area contributed by atoms with Crippen LogP contribution in [0.2, 0.25) is 0 Å². The SMILES string of the molecule is CC#CCN1C(C)(C)CCCC1(C)C. The van der Waals surface area contributed by atoms with Gasteiger partial charge in [0.05, 0.1) is 6.54 Å². The quantitative estimate of drug-likeness (QED) is 0.579. The fraction of sp³-hybridized carbons (Fsp3) is 0.846. The molecule has 0 radical (unpaired) electrons. The predicted molar refractivity (Wildman–Crippen MR) is 62.2 cm³/mol. The van der Waals surface area contributed by atoms with E-state index in [4.69, 9.17) is 0 Å². The van der Waals surface area contributed by atoms with Crippen LogP contribution >= 0.6 is 0 Å². The van der Waals surface area contributed by atoms with Crippen LogP contribution in [-0.2, 0) is 0 Å². The van der Waals surface area contributed by atoms with E-state index in [0.29, 0.717) is 11.1 Å². The monoisotopic (exact) mass is 193 g/mol. The van der Waals surface area contributed by atoms with E-state index >= 15 is 0 Å². The maximum absolute atomic E-state index is 3.21.